The van der Waals surface area contributed by atoms with E-state index in [-0.39, 0.29) is 0 Å². The van der Waals surface area contributed by atoms with E-state index in [1.807, 2.05) is 6.08 Å². The summed E-state index contributed by atoms with van der Waals surface area (Å²) in [6.45, 7) is 9.57. The van der Waals surface area contributed by atoms with E-state index in [0.717, 1.165) is 19.3 Å². The molecule has 9 heavy (non-hydrogen) atoms. The molecule has 0 nitrogen and oxygen atoms in total. The minimum atomic E-state index is 0.900. The Hall–Kier alpha value is -0.520. The zero-order valence-corrected chi connectivity index (χ0v) is 6.19. The van der Waals surface area contributed by atoms with Crippen LogP contribution in [0.2, 0.25) is 0 Å². The Morgan fingerprint density at radius 1 is 1.56 bits per heavy atom. The second-order valence-corrected chi connectivity index (χ2v) is 2.00. The van der Waals surface area contributed by atoms with Crippen LogP contribution in [0.1, 0.15) is 26.2 Å². The van der Waals surface area contributed by atoms with Gasteiger partial charge in [-0.05, 0) is 26.2 Å². The first kappa shape index (κ1) is 8.48. The molecule has 0 spiro atoms. The highest BCUT2D eigenvalue weighted by Gasteiger charge is 1.86. The monoisotopic (exact) mass is 123 g/mol. The Balaban J connectivity index is 3.65. The normalized spacial score (nSPS) is 11.6. The smallest absolute Gasteiger partial charge is 0.0142 e. The molecule has 0 saturated heterocycles. The summed E-state index contributed by atoms with van der Waals surface area (Å²) in [5.41, 5.74) is 1.44. The molecular formula is C9H15. The van der Waals surface area contributed by atoms with Gasteiger partial charge in [0.1, 0.15) is 0 Å². The lowest BCUT2D eigenvalue weighted by atomic mass is 10.1. The van der Waals surface area contributed by atoms with Crippen molar-refractivity contribution < 1.29 is 0 Å². The summed E-state index contributed by atoms with van der Waals surface area (Å²) in [4.78, 5) is 0. The molecule has 0 amide bonds. The lowest BCUT2D eigenvalue weighted by Crippen LogP contribution is -1.76. The van der Waals surface area contributed by atoms with Crippen LogP contribution in [-0.4, -0.2) is 0 Å². The first-order valence-corrected chi connectivity index (χ1v) is 3.43. The molecule has 0 aromatic heterocycles. The number of allylic oxidation sites excluding steroid dienone is 3. The van der Waals surface area contributed by atoms with E-state index in [4.69, 9.17) is 0 Å². The van der Waals surface area contributed by atoms with Gasteiger partial charge in [0.05, 0.1) is 0 Å². The second kappa shape index (κ2) is 5.61. The Morgan fingerprint density at radius 3 is 2.56 bits per heavy atom. The summed E-state index contributed by atoms with van der Waals surface area (Å²) in [6.07, 6.45) is 7.15. The summed E-state index contributed by atoms with van der Waals surface area (Å²) in [5.74, 6) is 0. The van der Waals surface area contributed by atoms with Crippen molar-refractivity contribution in [3.8, 4) is 0 Å². The predicted molar refractivity (Wildman–Crippen MR) is 43.2 cm³/mol. The van der Waals surface area contributed by atoms with Crippen molar-refractivity contribution in [1.82, 2.24) is 0 Å². The fourth-order valence-corrected chi connectivity index (χ4v) is 0.762. The van der Waals surface area contributed by atoms with Gasteiger partial charge in [-0.1, -0.05) is 24.6 Å². The van der Waals surface area contributed by atoms with Crippen molar-refractivity contribution in [2.24, 2.45) is 0 Å². The van der Waals surface area contributed by atoms with Crippen molar-refractivity contribution in [2.75, 3.05) is 0 Å². The van der Waals surface area contributed by atoms with Crippen LogP contribution in [0.5, 0.6) is 0 Å². The molecule has 0 fully saturated rings. The highest BCUT2D eigenvalue weighted by atomic mass is 13.9. The third-order valence-corrected chi connectivity index (χ3v) is 1.29. The topological polar surface area (TPSA) is 0 Å². The summed E-state index contributed by atoms with van der Waals surface area (Å²) in [7, 11) is 0. The van der Waals surface area contributed by atoms with Crippen molar-refractivity contribution in [3.63, 3.8) is 0 Å². The number of rotatable bonds is 4. The van der Waals surface area contributed by atoms with Gasteiger partial charge in [-0.25, -0.2) is 0 Å². The van der Waals surface area contributed by atoms with Gasteiger partial charge in [0, 0.05) is 0 Å². The van der Waals surface area contributed by atoms with Crippen molar-refractivity contribution in [3.05, 3.63) is 31.2 Å². The molecule has 0 aliphatic heterocycles. The Bertz CT molecular complexity index is 98.6. The quantitative estimate of drug-likeness (QED) is 0.504. The van der Waals surface area contributed by atoms with E-state index in [1.165, 1.54) is 5.57 Å². The van der Waals surface area contributed by atoms with E-state index >= 15 is 0 Å². The maximum absolute atomic E-state index is 3.74. The average molecular weight is 123 g/mol. The fourth-order valence-electron chi connectivity index (χ4n) is 0.762. The van der Waals surface area contributed by atoms with Crippen LogP contribution >= 0.6 is 0 Å². The van der Waals surface area contributed by atoms with Gasteiger partial charge >= 0.3 is 0 Å². The van der Waals surface area contributed by atoms with Gasteiger partial charge in [-0.2, -0.15) is 0 Å². The van der Waals surface area contributed by atoms with E-state index in [0.29, 0.717) is 0 Å². The first-order chi connectivity index (χ1) is 4.35. The largest absolute Gasteiger partial charge is 0.103 e. The third-order valence-electron chi connectivity index (χ3n) is 1.29. The molecule has 0 aliphatic carbocycles. The van der Waals surface area contributed by atoms with Crippen LogP contribution in [0, 0.1) is 6.92 Å². The average Bonchev–Trinajstić information content (AvgIpc) is 1.88. The molecule has 0 bridgehead atoms. The molecule has 1 radical (unpaired) electrons. The molecule has 0 aliphatic rings. The Labute approximate surface area is 58.3 Å². The summed E-state index contributed by atoms with van der Waals surface area (Å²) < 4.78 is 0. The molecule has 0 N–H and O–H groups in total. The van der Waals surface area contributed by atoms with Crippen molar-refractivity contribution in [1.29, 1.82) is 0 Å². The van der Waals surface area contributed by atoms with Gasteiger partial charge in [0.2, 0.25) is 0 Å². The molecule has 0 atom stereocenters. The van der Waals surface area contributed by atoms with Gasteiger partial charge < -0.3 is 0 Å². The van der Waals surface area contributed by atoms with Crippen molar-refractivity contribution in [2.45, 2.75) is 26.2 Å². The van der Waals surface area contributed by atoms with E-state index in [9.17, 15) is 0 Å². The maximum Gasteiger partial charge on any atom is -0.0142 e. The second-order valence-electron chi connectivity index (χ2n) is 2.00. The molecule has 0 unspecified atom stereocenters. The first-order valence-electron chi connectivity index (χ1n) is 3.43. The standard InChI is InChI=1S/C9H15/c1-4-7-9(6-3)8-5-2/h4,8H,1-2,5-7H2,3H3. The van der Waals surface area contributed by atoms with Crippen LogP contribution < -0.4 is 0 Å². The highest BCUT2D eigenvalue weighted by Crippen LogP contribution is 2.06. The van der Waals surface area contributed by atoms with E-state index in [1.54, 1.807) is 0 Å². The predicted octanol–water partition coefficient (Wildman–Crippen LogP) is 3.12. The van der Waals surface area contributed by atoms with Gasteiger partial charge in [0.25, 0.3) is 0 Å². The highest BCUT2D eigenvalue weighted by molar-refractivity contribution is 5.05. The Morgan fingerprint density at radius 2 is 2.22 bits per heavy atom. The van der Waals surface area contributed by atoms with E-state index in [2.05, 4.69) is 26.5 Å². The van der Waals surface area contributed by atoms with Gasteiger partial charge in [-0.15, -0.1) is 6.58 Å². The maximum atomic E-state index is 3.74. The summed E-state index contributed by atoms with van der Waals surface area (Å²) in [5, 5.41) is 0. The van der Waals surface area contributed by atoms with Crippen LogP contribution in [0.4, 0.5) is 0 Å². The molecule has 0 heterocycles. The fraction of sp³-hybridized carbons (Fsp3) is 0.444. The molecule has 51 valence electrons. The minimum absolute atomic E-state index is 0.900. The third kappa shape index (κ3) is 4.01. The van der Waals surface area contributed by atoms with Crippen LogP contribution in [0.25, 0.3) is 0 Å². The van der Waals surface area contributed by atoms with Gasteiger partial charge in [-0.3, -0.25) is 0 Å². The van der Waals surface area contributed by atoms with Crippen molar-refractivity contribution >= 4 is 0 Å². The van der Waals surface area contributed by atoms with E-state index < -0.39 is 0 Å². The Kier molecular flexibility index (Phi) is 5.29. The zero-order valence-electron chi connectivity index (χ0n) is 6.19. The van der Waals surface area contributed by atoms with Gasteiger partial charge in [0.15, 0.2) is 0 Å². The molecular weight excluding hydrogens is 108 g/mol. The minimum Gasteiger partial charge on any atom is -0.103 e. The lowest BCUT2D eigenvalue weighted by Gasteiger charge is -1.96. The summed E-state index contributed by atoms with van der Waals surface area (Å²) >= 11 is 0. The summed E-state index contributed by atoms with van der Waals surface area (Å²) in [6, 6.07) is 0. The molecule has 0 aromatic rings. The van der Waals surface area contributed by atoms with Crippen LogP contribution in [-0.2, 0) is 0 Å². The molecule has 0 rings (SSSR count). The van der Waals surface area contributed by atoms with Crippen LogP contribution in [0.15, 0.2) is 24.3 Å². The molecule has 0 saturated carbocycles. The SMILES string of the molecule is [CH2]CC=C(CC)CC=C. The lowest BCUT2D eigenvalue weighted by molar-refractivity contribution is 1.02. The molecule has 0 heteroatoms. The molecule has 0 aromatic carbocycles. The number of hydrogen-bond acceptors (Lipinski definition) is 0. The van der Waals surface area contributed by atoms with Crippen LogP contribution in [0.3, 0.4) is 0 Å². The number of hydrogen-bond donors (Lipinski definition) is 0. The zero-order chi connectivity index (χ0) is 7.11.